The number of hydrogen-bond acceptors (Lipinski definition) is 3. The van der Waals surface area contributed by atoms with E-state index in [1.807, 2.05) is 20.0 Å². The van der Waals surface area contributed by atoms with Gasteiger partial charge in [-0.25, -0.2) is 0 Å². The van der Waals surface area contributed by atoms with Crippen LogP contribution < -0.4 is 5.73 Å². The van der Waals surface area contributed by atoms with Crippen LogP contribution in [0, 0.1) is 0 Å². The van der Waals surface area contributed by atoms with Gasteiger partial charge in [0.2, 0.25) is 0 Å². The van der Waals surface area contributed by atoms with E-state index in [0.29, 0.717) is 6.42 Å². The van der Waals surface area contributed by atoms with Gasteiger partial charge in [-0.3, -0.25) is 9.48 Å². The van der Waals surface area contributed by atoms with Gasteiger partial charge in [-0.1, -0.05) is 0 Å². The van der Waals surface area contributed by atoms with Crippen molar-refractivity contribution >= 4 is 5.97 Å². The molecule has 1 aromatic heterocycles. The maximum absolute atomic E-state index is 10.5. The van der Waals surface area contributed by atoms with Crippen LogP contribution in [0.15, 0.2) is 12.4 Å². The molecule has 1 aromatic rings. The standard InChI is InChI=1S/C9H15N3O2/c1-6(2)12-5-7(4-11-12)3-8(10)9(13)14/h4-6,8H,3,10H2,1-2H3,(H,13,14)/t8-/m0/s1. The van der Waals surface area contributed by atoms with Gasteiger partial charge < -0.3 is 10.8 Å². The summed E-state index contributed by atoms with van der Waals surface area (Å²) in [5.41, 5.74) is 6.25. The van der Waals surface area contributed by atoms with Crippen molar-refractivity contribution < 1.29 is 9.90 Å². The highest BCUT2D eigenvalue weighted by Gasteiger charge is 2.13. The minimum absolute atomic E-state index is 0.282. The van der Waals surface area contributed by atoms with Crippen LogP contribution in [0.1, 0.15) is 25.5 Å². The summed E-state index contributed by atoms with van der Waals surface area (Å²) >= 11 is 0. The molecule has 0 aliphatic carbocycles. The Labute approximate surface area is 82.5 Å². The van der Waals surface area contributed by atoms with E-state index in [-0.39, 0.29) is 6.04 Å². The van der Waals surface area contributed by atoms with Crippen molar-refractivity contribution in [1.82, 2.24) is 9.78 Å². The van der Waals surface area contributed by atoms with Gasteiger partial charge in [-0.05, 0) is 19.4 Å². The molecule has 0 saturated carbocycles. The van der Waals surface area contributed by atoms with E-state index in [2.05, 4.69) is 5.10 Å². The zero-order valence-electron chi connectivity index (χ0n) is 8.34. The summed E-state index contributed by atoms with van der Waals surface area (Å²) < 4.78 is 1.78. The van der Waals surface area contributed by atoms with Crippen LogP contribution in [0.4, 0.5) is 0 Å². The Balaban J connectivity index is 2.64. The van der Waals surface area contributed by atoms with Gasteiger partial charge in [0.25, 0.3) is 0 Å². The molecule has 5 heteroatoms. The molecule has 0 radical (unpaired) electrons. The zero-order chi connectivity index (χ0) is 10.7. The number of carboxylic acid groups (broad SMARTS) is 1. The maximum atomic E-state index is 10.5. The molecule has 5 nitrogen and oxygen atoms in total. The Bertz CT molecular complexity index is 320. The van der Waals surface area contributed by atoms with Crippen molar-refractivity contribution in [1.29, 1.82) is 0 Å². The lowest BCUT2D eigenvalue weighted by molar-refractivity contribution is -0.138. The molecule has 1 atom stereocenters. The summed E-state index contributed by atoms with van der Waals surface area (Å²) in [5, 5.41) is 12.7. The predicted octanol–water partition coefficient (Wildman–Crippen LogP) is 0.418. The largest absolute Gasteiger partial charge is 0.480 e. The molecule has 0 aliphatic rings. The first-order valence-electron chi connectivity index (χ1n) is 4.52. The van der Waals surface area contributed by atoms with E-state index in [1.165, 1.54) is 0 Å². The molecule has 78 valence electrons. The van der Waals surface area contributed by atoms with Crippen LogP contribution in [-0.2, 0) is 11.2 Å². The fourth-order valence-corrected chi connectivity index (χ4v) is 1.11. The number of carboxylic acids is 1. The molecule has 0 fully saturated rings. The Morgan fingerprint density at radius 3 is 2.79 bits per heavy atom. The molecule has 0 aromatic carbocycles. The minimum Gasteiger partial charge on any atom is -0.480 e. The average Bonchev–Trinajstić information content (AvgIpc) is 2.52. The van der Waals surface area contributed by atoms with Crippen molar-refractivity contribution in [3.8, 4) is 0 Å². The van der Waals surface area contributed by atoms with Crippen LogP contribution in [0.25, 0.3) is 0 Å². The van der Waals surface area contributed by atoms with Gasteiger partial charge >= 0.3 is 5.97 Å². The van der Waals surface area contributed by atoms with Crippen LogP contribution in [0.3, 0.4) is 0 Å². The lowest BCUT2D eigenvalue weighted by Crippen LogP contribution is -2.32. The van der Waals surface area contributed by atoms with Gasteiger partial charge in [0, 0.05) is 18.7 Å². The molecule has 14 heavy (non-hydrogen) atoms. The second kappa shape index (κ2) is 4.23. The summed E-state index contributed by atoms with van der Waals surface area (Å²) in [7, 11) is 0. The molecule has 0 aliphatic heterocycles. The number of hydrogen-bond donors (Lipinski definition) is 2. The van der Waals surface area contributed by atoms with Gasteiger partial charge in [0.1, 0.15) is 6.04 Å². The molecule has 0 amide bonds. The van der Waals surface area contributed by atoms with E-state index in [4.69, 9.17) is 10.8 Å². The Morgan fingerprint density at radius 2 is 2.36 bits per heavy atom. The minimum atomic E-state index is -0.984. The summed E-state index contributed by atoms with van der Waals surface area (Å²) in [6.45, 7) is 4.02. The number of nitrogens with two attached hydrogens (primary N) is 1. The second-order valence-corrected chi connectivity index (χ2v) is 3.57. The molecule has 0 saturated heterocycles. The highest BCUT2D eigenvalue weighted by Crippen LogP contribution is 2.06. The van der Waals surface area contributed by atoms with Crippen LogP contribution in [0.2, 0.25) is 0 Å². The molecule has 0 spiro atoms. The van der Waals surface area contributed by atoms with Crippen molar-refractivity contribution in [2.24, 2.45) is 5.73 Å². The monoisotopic (exact) mass is 197 g/mol. The quantitative estimate of drug-likeness (QED) is 0.732. The van der Waals surface area contributed by atoms with E-state index < -0.39 is 12.0 Å². The fourth-order valence-electron chi connectivity index (χ4n) is 1.11. The SMILES string of the molecule is CC(C)n1cc(C[C@H](N)C(=O)O)cn1. The molecular formula is C9H15N3O2. The predicted molar refractivity (Wildman–Crippen MR) is 51.9 cm³/mol. The van der Waals surface area contributed by atoms with Gasteiger partial charge in [-0.2, -0.15) is 5.10 Å². The van der Waals surface area contributed by atoms with Crippen LogP contribution in [0.5, 0.6) is 0 Å². The molecule has 1 heterocycles. The third kappa shape index (κ3) is 2.56. The van der Waals surface area contributed by atoms with Crippen LogP contribution >= 0.6 is 0 Å². The molecule has 1 rings (SSSR count). The van der Waals surface area contributed by atoms with Crippen molar-refractivity contribution in [3.63, 3.8) is 0 Å². The first-order chi connectivity index (χ1) is 6.50. The van der Waals surface area contributed by atoms with Crippen LogP contribution in [-0.4, -0.2) is 26.9 Å². The molecule has 0 unspecified atom stereocenters. The number of aliphatic carboxylic acids is 1. The summed E-state index contributed by atoms with van der Waals surface area (Å²) in [6.07, 6.45) is 3.80. The lowest BCUT2D eigenvalue weighted by Gasteiger charge is -2.04. The first kappa shape index (κ1) is 10.7. The average molecular weight is 197 g/mol. The number of rotatable bonds is 4. The number of aromatic nitrogens is 2. The topological polar surface area (TPSA) is 81.1 Å². The van der Waals surface area contributed by atoms with Gasteiger partial charge in [0.05, 0.1) is 6.20 Å². The third-order valence-corrected chi connectivity index (χ3v) is 1.96. The van der Waals surface area contributed by atoms with E-state index in [1.54, 1.807) is 10.9 Å². The van der Waals surface area contributed by atoms with E-state index in [9.17, 15) is 4.79 Å². The van der Waals surface area contributed by atoms with Crippen molar-refractivity contribution in [3.05, 3.63) is 18.0 Å². The smallest absolute Gasteiger partial charge is 0.320 e. The summed E-state index contributed by atoms with van der Waals surface area (Å²) in [4.78, 5) is 10.5. The Morgan fingerprint density at radius 1 is 1.71 bits per heavy atom. The summed E-state index contributed by atoms with van der Waals surface area (Å²) in [5.74, 6) is -0.984. The molecule has 0 bridgehead atoms. The normalized spacial score (nSPS) is 13.1. The van der Waals surface area contributed by atoms with Gasteiger partial charge in [-0.15, -0.1) is 0 Å². The first-order valence-corrected chi connectivity index (χ1v) is 4.52. The highest BCUT2D eigenvalue weighted by molar-refractivity contribution is 5.73. The number of nitrogens with zero attached hydrogens (tertiary/aromatic N) is 2. The van der Waals surface area contributed by atoms with E-state index in [0.717, 1.165) is 5.56 Å². The highest BCUT2D eigenvalue weighted by atomic mass is 16.4. The second-order valence-electron chi connectivity index (χ2n) is 3.57. The van der Waals surface area contributed by atoms with Crippen molar-refractivity contribution in [2.45, 2.75) is 32.4 Å². The third-order valence-electron chi connectivity index (χ3n) is 1.96. The Hall–Kier alpha value is -1.36. The zero-order valence-corrected chi connectivity index (χ0v) is 8.34. The maximum Gasteiger partial charge on any atom is 0.320 e. The summed E-state index contributed by atoms with van der Waals surface area (Å²) in [6, 6.07) is -0.565. The fraction of sp³-hybridized carbons (Fsp3) is 0.556. The molecule has 3 N–H and O–H groups in total. The Kier molecular flexibility index (Phi) is 3.24. The van der Waals surface area contributed by atoms with Crippen molar-refractivity contribution in [2.75, 3.05) is 0 Å². The van der Waals surface area contributed by atoms with Gasteiger partial charge in [0.15, 0.2) is 0 Å². The number of carbonyl (C=O) groups is 1. The molecular weight excluding hydrogens is 182 g/mol. The van der Waals surface area contributed by atoms with E-state index >= 15 is 0 Å². The lowest BCUT2D eigenvalue weighted by atomic mass is 10.1.